The fraction of sp³-hybridized carbons (Fsp3) is 0.554. The van der Waals surface area contributed by atoms with Gasteiger partial charge in [0, 0.05) is 45.8 Å². The second kappa shape index (κ2) is 20.9. The monoisotopic (exact) mass is 1060 g/mol. The van der Waals surface area contributed by atoms with E-state index < -0.39 is 130 Å². The van der Waals surface area contributed by atoms with E-state index in [1.165, 1.54) is 51.3 Å². The third-order valence-corrected chi connectivity index (χ3v) is 15.9. The Bertz CT molecular complexity index is 2820. The molecule has 2 aromatic carbocycles. The Hall–Kier alpha value is -6.29. The van der Waals surface area contributed by atoms with Gasteiger partial charge in [0.05, 0.1) is 30.8 Å². The lowest BCUT2D eigenvalue weighted by Crippen LogP contribution is -2.79. The van der Waals surface area contributed by atoms with Gasteiger partial charge in [0.25, 0.3) is 5.91 Å². The van der Waals surface area contributed by atoms with Crippen LogP contribution in [-0.4, -0.2) is 134 Å². The Kier molecular flexibility index (Phi) is 15.4. The Morgan fingerprint density at radius 2 is 1.63 bits per heavy atom. The van der Waals surface area contributed by atoms with Gasteiger partial charge in [-0.3, -0.25) is 24.5 Å². The minimum Gasteiger partial charge on any atom is -0.482 e. The molecule has 0 aromatic heterocycles. The largest absolute Gasteiger partial charge is 0.482 e. The van der Waals surface area contributed by atoms with Gasteiger partial charge >= 0.3 is 11.9 Å². The number of nitrogens with one attached hydrogen (secondary N) is 1. The number of fused-ring (bicyclic) bond motifs is 2. The van der Waals surface area contributed by atoms with Crippen molar-refractivity contribution in [2.75, 3.05) is 20.3 Å². The molecular weight excluding hydrogens is 989 g/mol. The van der Waals surface area contributed by atoms with Gasteiger partial charge in [-0.25, -0.2) is 9.59 Å². The third kappa shape index (κ3) is 9.65. The summed E-state index contributed by atoms with van der Waals surface area (Å²) in [5, 5.41) is 55.6. The zero-order valence-corrected chi connectivity index (χ0v) is 44.4. The number of nitrogens with zero attached hydrogens (tertiary/aromatic N) is 1. The summed E-state index contributed by atoms with van der Waals surface area (Å²) in [7, 11) is 1.22. The zero-order valence-electron chi connectivity index (χ0n) is 44.4. The molecular formula is C56H68N2O18. The van der Waals surface area contributed by atoms with E-state index in [2.05, 4.69) is 11.4 Å². The zero-order chi connectivity index (χ0) is 55.6. The third-order valence-electron chi connectivity index (χ3n) is 15.9. The van der Waals surface area contributed by atoms with E-state index in [9.17, 15) is 44.9 Å². The standard InChI is InChI=1S/C56H68N2O18/c1-27(2)12-11-21-54(9)22-20-34-45(74-54)33(18-13-28(3)4)47-39(46(34)73-51(67)30(6)57-49(65)31-14-16-32(17-15-31)71-52-44(63)43(62)41(60)37(26-59)72-52)42(61)40-36(25-58(68)69)35-24-38-53(7,8)76-55(48(35)64,56(38,40)75-47)23-19-29(5)50(66)70-10/h12-17,19-20,22,30,35-38,40-41,43-44,52,59-60,62-63H,11,18,21,23-26H2,1-10H3,(H,57,65)/b29-19-/t30?,35?,36?,37-,38?,40?,41-,43+,44-,52-,54?,55?,56?/m1/s1. The van der Waals surface area contributed by atoms with Gasteiger partial charge in [0.15, 0.2) is 28.5 Å². The summed E-state index contributed by atoms with van der Waals surface area (Å²) in [5.74, 6) is -7.89. The number of hydrogen-bond acceptors (Lipinski definition) is 18. The number of ketones is 2. The molecule has 5 fully saturated rings. The number of hydrogen-bond donors (Lipinski definition) is 5. The number of aliphatic hydroxyl groups excluding tert-OH is 4. The maximum atomic E-state index is 16.2. The topological polar surface area (TPSA) is 286 Å². The van der Waals surface area contributed by atoms with Crippen LogP contribution in [0.4, 0.5) is 0 Å². The van der Waals surface area contributed by atoms with Gasteiger partial charge in [-0.05, 0) is 124 Å². The van der Waals surface area contributed by atoms with Crippen molar-refractivity contribution in [3.8, 4) is 23.0 Å². The molecule has 1 amide bonds. The summed E-state index contributed by atoms with van der Waals surface area (Å²) in [6.45, 7) is 14.7. The van der Waals surface area contributed by atoms with Crippen molar-refractivity contribution in [2.24, 2.45) is 23.7 Å². The molecule has 4 bridgehead atoms. The van der Waals surface area contributed by atoms with Gasteiger partial charge in [-0.1, -0.05) is 29.4 Å². The number of ether oxygens (including phenoxy) is 7. The Balaban J connectivity index is 1.23. The number of esters is 2. The average molecular weight is 1060 g/mol. The molecule has 76 heavy (non-hydrogen) atoms. The number of aliphatic hydroxyl groups is 4. The first kappa shape index (κ1) is 55.9. The van der Waals surface area contributed by atoms with Crippen molar-refractivity contribution in [3.05, 3.63) is 97.7 Å². The molecule has 13 atom stereocenters. The number of amides is 1. The van der Waals surface area contributed by atoms with E-state index >= 15 is 9.59 Å². The molecule has 2 saturated heterocycles. The number of nitro groups is 1. The van der Waals surface area contributed by atoms with Gasteiger partial charge in [0.1, 0.15) is 58.9 Å². The molecule has 9 rings (SSSR count). The Labute approximate surface area is 440 Å². The van der Waals surface area contributed by atoms with E-state index in [1.807, 2.05) is 46.8 Å². The van der Waals surface area contributed by atoms with Crippen LogP contribution in [0.1, 0.15) is 120 Å². The van der Waals surface area contributed by atoms with E-state index in [0.29, 0.717) is 18.4 Å². The highest BCUT2D eigenvalue weighted by Crippen LogP contribution is 2.72. The van der Waals surface area contributed by atoms with Gasteiger partial charge in [0.2, 0.25) is 12.8 Å². The smallest absolute Gasteiger partial charge is 0.333 e. The first-order chi connectivity index (χ1) is 35.7. The highest BCUT2D eigenvalue weighted by atomic mass is 16.7. The summed E-state index contributed by atoms with van der Waals surface area (Å²) in [6, 6.07) is 4.06. The second-order valence-electron chi connectivity index (χ2n) is 22.1. The first-order valence-electron chi connectivity index (χ1n) is 25.6. The molecule has 410 valence electrons. The van der Waals surface area contributed by atoms with Crippen LogP contribution < -0.4 is 24.3 Å². The maximum Gasteiger partial charge on any atom is 0.333 e. The highest BCUT2D eigenvalue weighted by Gasteiger charge is 2.86. The van der Waals surface area contributed by atoms with Gasteiger partial charge < -0.3 is 58.9 Å². The molecule has 7 aliphatic rings. The number of benzene rings is 2. The number of rotatable bonds is 17. The summed E-state index contributed by atoms with van der Waals surface area (Å²) < 4.78 is 43.8. The lowest BCUT2D eigenvalue weighted by atomic mass is 9.43. The van der Waals surface area contributed by atoms with Crippen molar-refractivity contribution in [3.63, 3.8) is 0 Å². The van der Waals surface area contributed by atoms with E-state index in [1.54, 1.807) is 19.9 Å². The molecule has 0 radical (unpaired) electrons. The fourth-order valence-electron chi connectivity index (χ4n) is 12.1. The van der Waals surface area contributed by atoms with Crippen LogP contribution >= 0.6 is 0 Å². The minimum atomic E-state index is -1.94. The maximum absolute atomic E-state index is 16.2. The molecule has 3 saturated carbocycles. The molecule has 5 N–H and O–H groups in total. The molecule has 4 heterocycles. The van der Waals surface area contributed by atoms with Crippen LogP contribution in [0.5, 0.6) is 23.0 Å². The molecule has 1 spiro atoms. The van der Waals surface area contributed by atoms with Gasteiger partial charge in [-0.15, -0.1) is 0 Å². The van der Waals surface area contributed by atoms with Crippen molar-refractivity contribution in [1.82, 2.24) is 5.32 Å². The summed E-state index contributed by atoms with van der Waals surface area (Å²) in [5.41, 5.74) is -3.29. The molecule has 20 nitrogen and oxygen atoms in total. The SMILES string of the molecule is COC(=O)/C(C)=C\CC12OC(C)(C)C3CC(C1=O)C(C[N+](=O)[O-])C1C(=O)c4c(OC(=O)C(C)NC(=O)c5ccc(O[C@@H]6O[C@H](CO)[C@@H](O)[C@H](O)[C@H]6O)cc5)c5c(c(CC=C(C)C)c4OC132)OC(C)(CCC=C(C)C)C=C5. The predicted molar refractivity (Wildman–Crippen MR) is 271 cm³/mol. The molecule has 20 heteroatoms. The number of allylic oxidation sites excluding steroid dienone is 4. The average Bonchev–Trinajstić information content (AvgIpc) is 3.74. The Morgan fingerprint density at radius 1 is 0.947 bits per heavy atom. The lowest BCUT2D eigenvalue weighted by Gasteiger charge is -2.62. The summed E-state index contributed by atoms with van der Waals surface area (Å²) in [4.78, 5) is 84.7. The molecule has 2 aromatic rings. The Morgan fingerprint density at radius 3 is 2.26 bits per heavy atom. The van der Waals surface area contributed by atoms with Crippen molar-refractivity contribution in [2.45, 2.75) is 154 Å². The summed E-state index contributed by atoms with van der Waals surface area (Å²) >= 11 is 0. The van der Waals surface area contributed by atoms with Crippen molar-refractivity contribution in [1.29, 1.82) is 0 Å². The number of Topliss-reactive ketones (excluding diaryl/α,β-unsaturated/α-hetero) is 2. The first-order valence-corrected chi connectivity index (χ1v) is 25.6. The minimum absolute atomic E-state index is 0.0534. The van der Waals surface area contributed by atoms with Crippen LogP contribution in [0.3, 0.4) is 0 Å². The lowest BCUT2D eigenvalue weighted by molar-refractivity contribution is -0.494. The second-order valence-corrected chi connectivity index (χ2v) is 22.1. The van der Waals surface area contributed by atoms with Crippen molar-refractivity contribution >= 4 is 35.5 Å². The molecule has 4 aliphatic heterocycles. The van der Waals surface area contributed by atoms with Gasteiger partial charge in [-0.2, -0.15) is 0 Å². The number of carbonyl (C=O) groups is 5. The molecule has 3 aliphatic carbocycles. The number of carbonyl (C=O) groups excluding carboxylic acids is 5. The fourth-order valence-corrected chi connectivity index (χ4v) is 12.1. The van der Waals surface area contributed by atoms with Crippen LogP contribution in [0.25, 0.3) is 6.08 Å². The van der Waals surface area contributed by atoms with Crippen LogP contribution in [0.2, 0.25) is 0 Å². The molecule has 8 unspecified atom stereocenters. The van der Waals surface area contributed by atoms with E-state index in [0.717, 1.165) is 11.1 Å². The normalized spacial score (nSPS) is 31.8. The van der Waals surface area contributed by atoms with E-state index in [-0.39, 0.29) is 64.5 Å². The van der Waals surface area contributed by atoms with Crippen LogP contribution in [0, 0.1) is 33.8 Å². The van der Waals surface area contributed by atoms with Crippen LogP contribution in [-0.2, 0) is 35.0 Å². The highest BCUT2D eigenvalue weighted by molar-refractivity contribution is 6.11. The number of methoxy groups -OCH3 is 1. The predicted octanol–water partition coefficient (Wildman–Crippen LogP) is 5.11. The van der Waals surface area contributed by atoms with Crippen LogP contribution in [0.15, 0.2) is 65.3 Å². The summed E-state index contributed by atoms with van der Waals surface area (Å²) in [6.07, 6.45) is 2.53. The quantitative estimate of drug-likeness (QED) is 0.0344. The van der Waals surface area contributed by atoms with E-state index in [4.69, 9.17) is 33.2 Å². The van der Waals surface area contributed by atoms with Crippen molar-refractivity contribution < 1.29 is 82.5 Å².